The fraction of sp³-hybridized carbons (Fsp3) is 0.438. The molecule has 3 heteroatoms. The fourth-order valence-corrected chi connectivity index (χ4v) is 2.79. The highest BCUT2D eigenvalue weighted by molar-refractivity contribution is 5.34. The predicted octanol–water partition coefficient (Wildman–Crippen LogP) is 3.17. The van der Waals surface area contributed by atoms with Crippen LogP contribution in [0.25, 0.3) is 5.69 Å². The van der Waals surface area contributed by atoms with Crippen molar-refractivity contribution in [1.29, 1.82) is 0 Å². The molecule has 0 radical (unpaired) electrons. The molecule has 2 aromatic rings. The van der Waals surface area contributed by atoms with E-state index in [4.69, 9.17) is 0 Å². The first-order valence-corrected chi connectivity index (χ1v) is 7.16. The standard InChI is InChI=1S/C16H21N3/c1-14-15(13-18-10-6-3-7-11-18)12-17-19(14)16-8-4-2-5-9-16/h2,4-5,8-9,12H,3,6-7,10-11,13H2,1H3. The third-order valence-corrected chi connectivity index (χ3v) is 3.95. The summed E-state index contributed by atoms with van der Waals surface area (Å²) in [6.45, 7) is 5.67. The van der Waals surface area contributed by atoms with Gasteiger partial charge in [-0.1, -0.05) is 24.6 Å². The first-order chi connectivity index (χ1) is 9.34. The van der Waals surface area contributed by atoms with Gasteiger partial charge in [-0.3, -0.25) is 4.90 Å². The average Bonchev–Trinajstić information content (AvgIpc) is 2.82. The van der Waals surface area contributed by atoms with Gasteiger partial charge in [0.05, 0.1) is 11.9 Å². The summed E-state index contributed by atoms with van der Waals surface area (Å²) in [7, 11) is 0. The van der Waals surface area contributed by atoms with Gasteiger partial charge in [-0.15, -0.1) is 0 Å². The summed E-state index contributed by atoms with van der Waals surface area (Å²) in [6, 6.07) is 10.4. The molecule has 19 heavy (non-hydrogen) atoms. The minimum atomic E-state index is 1.04. The quantitative estimate of drug-likeness (QED) is 0.840. The molecule has 0 saturated carbocycles. The van der Waals surface area contributed by atoms with Gasteiger partial charge in [-0.2, -0.15) is 5.10 Å². The van der Waals surface area contributed by atoms with Gasteiger partial charge < -0.3 is 0 Å². The number of piperidine rings is 1. The second-order valence-electron chi connectivity index (χ2n) is 5.34. The lowest BCUT2D eigenvalue weighted by atomic mass is 10.1. The van der Waals surface area contributed by atoms with E-state index in [1.807, 2.05) is 16.9 Å². The second-order valence-corrected chi connectivity index (χ2v) is 5.34. The maximum absolute atomic E-state index is 4.54. The molecule has 1 fully saturated rings. The Morgan fingerprint density at radius 2 is 1.79 bits per heavy atom. The van der Waals surface area contributed by atoms with Gasteiger partial charge in [0.2, 0.25) is 0 Å². The number of aromatic nitrogens is 2. The molecular formula is C16H21N3. The van der Waals surface area contributed by atoms with Crippen molar-refractivity contribution in [3.05, 3.63) is 47.8 Å². The van der Waals surface area contributed by atoms with Gasteiger partial charge in [0.25, 0.3) is 0 Å². The molecule has 1 aliphatic heterocycles. The van der Waals surface area contributed by atoms with E-state index in [0.29, 0.717) is 0 Å². The van der Waals surface area contributed by atoms with Crippen LogP contribution in [-0.2, 0) is 6.54 Å². The molecule has 0 aliphatic carbocycles. The number of hydrogen-bond donors (Lipinski definition) is 0. The lowest BCUT2D eigenvalue weighted by molar-refractivity contribution is 0.220. The minimum Gasteiger partial charge on any atom is -0.299 e. The molecular weight excluding hydrogens is 234 g/mol. The highest BCUT2D eigenvalue weighted by atomic mass is 15.3. The summed E-state index contributed by atoms with van der Waals surface area (Å²) >= 11 is 0. The maximum Gasteiger partial charge on any atom is 0.0648 e. The van der Waals surface area contributed by atoms with E-state index in [2.05, 4.69) is 41.2 Å². The molecule has 3 nitrogen and oxygen atoms in total. The average molecular weight is 255 g/mol. The van der Waals surface area contributed by atoms with Crippen LogP contribution in [0.3, 0.4) is 0 Å². The van der Waals surface area contributed by atoms with Crippen LogP contribution in [0.1, 0.15) is 30.5 Å². The van der Waals surface area contributed by atoms with Gasteiger partial charge in [0, 0.05) is 17.8 Å². The van der Waals surface area contributed by atoms with Crippen molar-refractivity contribution in [3.63, 3.8) is 0 Å². The van der Waals surface area contributed by atoms with Crippen molar-refractivity contribution in [1.82, 2.24) is 14.7 Å². The zero-order valence-corrected chi connectivity index (χ0v) is 11.5. The number of likely N-dealkylation sites (tertiary alicyclic amines) is 1. The third kappa shape index (κ3) is 2.71. The highest BCUT2D eigenvalue weighted by Crippen LogP contribution is 2.18. The molecule has 100 valence electrons. The lowest BCUT2D eigenvalue weighted by Crippen LogP contribution is -2.29. The predicted molar refractivity (Wildman–Crippen MR) is 77.4 cm³/mol. The normalized spacial score (nSPS) is 16.7. The van der Waals surface area contributed by atoms with Crippen LogP contribution >= 0.6 is 0 Å². The van der Waals surface area contributed by atoms with Gasteiger partial charge in [-0.05, 0) is 45.0 Å². The number of benzene rings is 1. The van der Waals surface area contributed by atoms with E-state index in [1.54, 1.807) is 0 Å². The van der Waals surface area contributed by atoms with Crippen LogP contribution in [-0.4, -0.2) is 27.8 Å². The highest BCUT2D eigenvalue weighted by Gasteiger charge is 2.14. The molecule has 1 aromatic heterocycles. The summed E-state index contributed by atoms with van der Waals surface area (Å²) in [5.41, 5.74) is 3.76. The Kier molecular flexibility index (Phi) is 3.65. The molecule has 0 spiro atoms. The zero-order chi connectivity index (χ0) is 13.1. The Balaban J connectivity index is 1.79. The molecule has 1 aromatic carbocycles. The van der Waals surface area contributed by atoms with Gasteiger partial charge >= 0.3 is 0 Å². The largest absolute Gasteiger partial charge is 0.299 e. The Hall–Kier alpha value is -1.61. The Bertz CT molecular complexity index is 524. The van der Waals surface area contributed by atoms with E-state index in [0.717, 1.165) is 12.2 Å². The lowest BCUT2D eigenvalue weighted by Gasteiger charge is -2.26. The molecule has 2 heterocycles. The fourth-order valence-electron chi connectivity index (χ4n) is 2.79. The van der Waals surface area contributed by atoms with E-state index < -0.39 is 0 Å². The zero-order valence-electron chi connectivity index (χ0n) is 11.5. The van der Waals surface area contributed by atoms with E-state index in [-0.39, 0.29) is 0 Å². The Labute approximate surface area is 114 Å². The van der Waals surface area contributed by atoms with Crippen molar-refractivity contribution in [3.8, 4) is 5.69 Å². The Morgan fingerprint density at radius 1 is 1.05 bits per heavy atom. The van der Waals surface area contributed by atoms with Gasteiger partial charge in [-0.25, -0.2) is 4.68 Å². The smallest absolute Gasteiger partial charge is 0.0648 e. The maximum atomic E-state index is 4.54. The molecule has 0 amide bonds. The molecule has 3 rings (SSSR count). The molecule has 0 atom stereocenters. The van der Waals surface area contributed by atoms with Crippen LogP contribution in [0.2, 0.25) is 0 Å². The summed E-state index contributed by atoms with van der Waals surface area (Å²) in [5, 5.41) is 4.54. The number of hydrogen-bond acceptors (Lipinski definition) is 2. The summed E-state index contributed by atoms with van der Waals surface area (Å²) in [4.78, 5) is 2.54. The summed E-state index contributed by atoms with van der Waals surface area (Å²) in [5.74, 6) is 0. The first kappa shape index (κ1) is 12.4. The summed E-state index contributed by atoms with van der Waals surface area (Å²) < 4.78 is 2.04. The molecule has 1 aliphatic rings. The van der Waals surface area contributed by atoms with Crippen LogP contribution in [0.5, 0.6) is 0 Å². The van der Waals surface area contributed by atoms with Crippen LogP contribution < -0.4 is 0 Å². The molecule has 0 bridgehead atoms. The van der Waals surface area contributed by atoms with E-state index in [1.165, 1.54) is 43.6 Å². The topological polar surface area (TPSA) is 21.1 Å². The van der Waals surface area contributed by atoms with Crippen molar-refractivity contribution < 1.29 is 0 Å². The SMILES string of the molecule is Cc1c(CN2CCCCC2)cnn1-c1ccccc1. The summed E-state index contributed by atoms with van der Waals surface area (Å²) in [6.07, 6.45) is 6.09. The van der Waals surface area contributed by atoms with E-state index in [9.17, 15) is 0 Å². The number of nitrogens with zero attached hydrogens (tertiary/aromatic N) is 3. The monoisotopic (exact) mass is 255 g/mol. The minimum absolute atomic E-state index is 1.04. The Morgan fingerprint density at radius 3 is 2.53 bits per heavy atom. The van der Waals surface area contributed by atoms with Crippen molar-refractivity contribution in [2.75, 3.05) is 13.1 Å². The van der Waals surface area contributed by atoms with Crippen molar-refractivity contribution >= 4 is 0 Å². The molecule has 0 unspecified atom stereocenters. The second kappa shape index (κ2) is 5.57. The van der Waals surface area contributed by atoms with E-state index >= 15 is 0 Å². The molecule has 1 saturated heterocycles. The van der Waals surface area contributed by atoms with Crippen molar-refractivity contribution in [2.24, 2.45) is 0 Å². The third-order valence-electron chi connectivity index (χ3n) is 3.95. The van der Waals surface area contributed by atoms with Crippen LogP contribution in [0, 0.1) is 6.92 Å². The first-order valence-electron chi connectivity index (χ1n) is 7.16. The van der Waals surface area contributed by atoms with Gasteiger partial charge in [0.1, 0.15) is 0 Å². The number of rotatable bonds is 3. The van der Waals surface area contributed by atoms with Crippen molar-refractivity contribution in [2.45, 2.75) is 32.7 Å². The molecule has 0 N–H and O–H groups in total. The van der Waals surface area contributed by atoms with Crippen LogP contribution in [0.4, 0.5) is 0 Å². The van der Waals surface area contributed by atoms with Gasteiger partial charge in [0.15, 0.2) is 0 Å². The number of para-hydroxylation sites is 1. The van der Waals surface area contributed by atoms with Crippen LogP contribution in [0.15, 0.2) is 36.5 Å².